The van der Waals surface area contributed by atoms with Crippen LogP contribution in [0.25, 0.3) is 0 Å². The van der Waals surface area contributed by atoms with Gasteiger partial charge in [0.25, 0.3) is 0 Å². The van der Waals surface area contributed by atoms with Crippen LogP contribution in [0.1, 0.15) is 25.0 Å². The Labute approximate surface area is 196 Å². The smallest absolute Gasteiger partial charge is 0.227 e. The summed E-state index contributed by atoms with van der Waals surface area (Å²) in [7, 11) is 1.32. The molecule has 0 unspecified atom stereocenters. The van der Waals surface area contributed by atoms with Gasteiger partial charge in [-0.2, -0.15) is 0 Å². The van der Waals surface area contributed by atoms with Crippen molar-refractivity contribution in [2.75, 3.05) is 30.4 Å². The molecule has 0 aliphatic carbocycles. The third kappa shape index (κ3) is 5.30. The molecule has 1 aromatic carbocycles. The van der Waals surface area contributed by atoms with E-state index in [1.807, 2.05) is 0 Å². The molecule has 0 radical (unpaired) electrons. The number of anilines is 3. The monoisotopic (exact) mass is 471 g/mol. The van der Waals surface area contributed by atoms with E-state index in [2.05, 4.69) is 49.3 Å². The summed E-state index contributed by atoms with van der Waals surface area (Å²) in [5, 5.41) is 6.50. The highest BCUT2D eigenvalue weighted by molar-refractivity contribution is 5.51. The quantitative estimate of drug-likeness (QED) is 0.537. The SMILES string of the molecule is COc1cc(C)c(F)c(COc2cnc(Nc3cnc(N4C[C@@H](C)N[C@@H](C)C4)nc3)nc2)c1F. The molecule has 0 amide bonds. The first kappa shape index (κ1) is 23.6. The fourth-order valence-corrected chi connectivity index (χ4v) is 3.86. The molecule has 34 heavy (non-hydrogen) atoms. The first-order valence-electron chi connectivity index (χ1n) is 10.9. The van der Waals surface area contributed by atoms with Gasteiger partial charge in [0.2, 0.25) is 11.9 Å². The number of methoxy groups -OCH3 is 1. The molecule has 3 aromatic rings. The number of halogens is 2. The highest BCUT2D eigenvalue weighted by Gasteiger charge is 2.22. The number of nitrogens with zero attached hydrogens (tertiary/aromatic N) is 5. The Morgan fingerprint density at radius 2 is 1.68 bits per heavy atom. The van der Waals surface area contributed by atoms with Crippen molar-refractivity contribution in [1.82, 2.24) is 25.3 Å². The summed E-state index contributed by atoms with van der Waals surface area (Å²) in [6.07, 6.45) is 6.17. The van der Waals surface area contributed by atoms with E-state index in [0.717, 1.165) is 13.1 Å². The lowest BCUT2D eigenvalue weighted by Crippen LogP contribution is -2.54. The molecule has 2 N–H and O–H groups in total. The molecule has 1 saturated heterocycles. The van der Waals surface area contributed by atoms with Crippen molar-refractivity contribution in [2.45, 2.75) is 39.5 Å². The Bertz CT molecular complexity index is 1120. The molecule has 3 heterocycles. The molecule has 1 aliphatic heterocycles. The van der Waals surface area contributed by atoms with Crippen LogP contribution in [0.2, 0.25) is 0 Å². The average Bonchev–Trinajstić information content (AvgIpc) is 2.82. The predicted octanol–water partition coefficient (Wildman–Crippen LogP) is 3.37. The number of benzene rings is 1. The zero-order chi connectivity index (χ0) is 24.2. The van der Waals surface area contributed by atoms with Crippen molar-refractivity contribution in [3.8, 4) is 11.5 Å². The van der Waals surface area contributed by atoms with Gasteiger partial charge >= 0.3 is 0 Å². The van der Waals surface area contributed by atoms with Gasteiger partial charge in [-0.25, -0.2) is 28.7 Å². The third-order valence-corrected chi connectivity index (χ3v) is 5.41. The summed E-state index contributed by atoms with van der Waals surface area (Å²) < 4.78 is 39.2. The normalized spacial score (nSPS) is 18.0. The van der Waals surface area contributed by atoms with Crippen LogP contribution in [-0.2, 0) is 6.61 Å². The lowest BCUT2D eigenvalue weighted by Gasteiger charge is -2.36. The topological polar surface area (TPSA) is 97.3 Å². The van der Waals surface area contributed by atoms with Crippen LogP contribution in [0.4, 0.5) is 26.4 Å². The van der Waals surface area contributed by atoms with Crippen LogP contribution in [0.3, 0.4) is 0 Å². The molecule has 2 aromatic heterocycles. The molecule has 2 atom stereocenters. The van der Waals surface area contributed by atoms with Crippen LogP contribution < -0.4 is 25.0 Å². The van der Waals surface area contributed by atoms with E-state index < -0.39 is 11.6 Å². The zero-order valence-electron chi connectivity index (χ0n) is 19.5. The van der Waals surface area contributed by atoms with Gasteiger partial charge in [0.15, 0.2) is 17.3 Å². The summed E-state index contributed by atoms with van der Waals surface area (Å²) in [6.45, 7) is 7.15. The Balaban J connectivity index is 1.37. The molecule has 9 nitrogen and oxygen atoms in total. The van der Waals surface area contributed by atoms with Crippen molar-refractivity contribution in [3.63, 3.8) is 0 Å². The van der Waals surface area contributed by atoms with Crippen LogP contribution >= 0.6 is 0 Å². The van der Waals surface area contributed by atoms with Gasteiger partial charge in [-0.05, 0) is 32.4 Å². The first-order chi connectivity index (χ1) is 16.3. The molecule has 180 valence electrons. The van der Waals surface area contributed by atoms with Crippen LogP contribution in [0, 0.1) is 18.6 Å². The van der Waals surface area contributed by atoms with E-state index in [4.69, 9.17) is 9.47 Å². The van der Waals surface area contributed by atoms with E-state index in [9.17, 15) is 8.78 Å². The van der Waals surface area contributed by atoms with Crippen molar-refractivity contribution in [1.29, 1.82) is 0 Å². The summed E-state index contributed by atoms with van der Waals surface area (Å²) in [5.41, 5.74) is 0.677. The second-order valence-corrected chi connectivity index (χ2v) is 8.30. The second kappa shape index (κ2) is 10.1. The minimum Gasteiger partial charge on any atom is -0.494 e. The molecular weight excluding hydrogens is 444 g/mol. The van der Waals surface area contributed by atoms with E-state index >= 15 is 0 Å². The number of rotatable bonds is 7. The zero-order valence-corrected chi connectivity index (χ0v) is 19.5. The Morgan fingerprint density at radius 1 is 1.03 bits per heavy atom. The average molecular weight is 472 g/mol. The standard InChI is InChI=1S/C23H27F2N7O2/c1-13-5-19(33-4)21(25)18(20(13)24)12-34-17-8-26-22(27-9-17)31-16-6-28-23(29-7-16)32-10-14(2)30-15(3)11-32/h5-9,14-15,30H,10-12H2,1-4H3,(H,26,27,31)/t14-,15+. The number of nitrogens with one attached hydrogen (secondary N) is 2. The Morgan fingerprint density at radius 3 is 2.29 bits per heavy atom. The van der Waals surface area contributed by atoms with E-state index in [1.165, 1.54) is 32.5 Å². The van der Waals surface area contributed by atoms with Gasteiger partial charge < -0.3 is 25.0 Å². The molecule has 0 saturated carbocycles. The summed E-state index contributed by atoms with van der Waals surface area (Å²) in [5.74, 6) is -0.269. The highest BCUT2D eigenvalue weighted by atomic mass is 19.1. The Kier molecular flexibility index (Phi) is 7.01. The number of aromatic nitrogens is 4. The highest BCUT2D eigenvalue weighted by Crippen LogP contribution is 2.27. The van der Waals surface area contributed by atoms with Gasteiger partial charge in [0, 0.05) is 25.2 Å². The Hall–Kier alpha value is -3.60. The number of aryl methyl sites for hydroxylation is 1. The minimum absolute atomic E-state index is 0.0393. The number of hydrogen-bond donors (Lipinski definition) is 2. The van der Waals surface area contributed by atoms with Gasteiger partial charge in [-0.3, -0.25) is 0 Å². The molecule has 1 aliphatic rings. The molecule has 11 heteroatoms. The molecular formula is C23H27F2N7O2. The van der Waals surface area contributed by atoms with Gasteiger partial charge in [0.05, 0.1) is 43.1 Å². The van der Waals surface area contributed by atoms with Crippen molar-refractivity contribution in [3.05, 3.63) is 53.6 Å². The van der Waals surface area contributed by atoms with Gasteiger partial charge in [0.1, 0.15) is 12.4 Å². The lowest BCUT2D eigenvalue weighted by molar-refractivity contribution is 0.285. The van der Waals surface area contributed by atoms with Crippen molar-refractivity contribution < 1.29 is 18.3 Å². The van der Waals surface area contributed by atoms with Crippen LogP contribution in [-0.4, -0.2) is 52.2 Å². The first-order valence-corrected chi connectivity index (χ1v) is 10.9. The maximum Gasteiger partial charge on any atom is 0.227 e. The summed E-state index contributed by atoms with van der Waals surface area (Å²) in [6, 6.07) is 2.03. The van der Waals surface area contributed by atoms with E-state index in [1.54, 1.807) is 12.4 Å². The summed E-state index contributed by atoms with van der Waals surface area (Å²) in [4.78, 5) is 19.4. The van der Waals surface area contributed by atoms with Crippen molar-refractivity contribution in [2.24, 2.45) is 0 Å². The van der Waals surface area contributed by atoms with E-state index in [-0.39, 0.29) is 29.2 Å². The van der Waals surface area contributed by atoms with Crippen molar-refractivity contribution >= 4 is 17.6 Å². The molecule has 0 bridgehead atoms. The minimum atomic E-state index is -0.794. The van der Waals surface area contributed by atoms with Crippen LogP contribution in [0.15, 0.2) is 30.9 Å². The largest absolute Gasteiger partial charge is 0.494 e. The second-order valence-electron chi connectivity index (χ2n) is 8.30. The number of hydrogen-bond acceptors (Lipinski definition) is 9. The predicted molar refractivity (Wildman–Crippen MR) is 124 cm³/mol. The number of ether oxygens (including phenoxy) is 2. The molecule has 4 rings (SSSR count). The third-order valence-electron chi connectivity index (χ3n) is 5.41. The van der Waals surface area contributed by atoms with Gasteiger partial charge in [-0.1, -0.05) is 0 Å². The fraction of sp³-hybridized carbons (Fsp3) is 0.391. The number of piperazine rings is 1. The van der Waals surface area contributed by atoms with Gasteiger partial charge in [-0.15, -0.1) is 0 Å². The maximum atomic E-state index is 14.4. The van der Waals surface area contributed by atoms with E-state index in [0.29, 0.717) is 29.7 Å². The lowest BCUT2D eigenvalue weighted by atomic mass is 10.1. The summed E-state index contributed by atoms with van der Waals surface area (Å²) >= 11 is 0. The fourth-order valence-electron chi connectivity index (χ4n) is 3.86. The maximum absolute atomic E-state index is 14.4. The molecule has 1 fully saturated rings. The van der Waals surface area contributed by atoms with Crippen LogP contribution in [0.5, 0.6) is 11.5 Å². The molecule has 0 spiro atoms.